The van der Waals surface area contributed by atoms with Crippen LogP contribution in [0.1, 0.15) is 38.3 Å². The second-order valence-corrected chi connectivity index (χ2v) is 6.42. The van der Waals surface area contributed by atoms with Gasteiger partial charge in [0.05, 0.1) is 20.8 Å². The van der Waals surface area contributed by atoms with Crippen molar-refractivity contribution in [2.24, 2.45) is 5.92 Å². The smallest absolute Gasteiger partial charge is 0.236 e. The van der Waals surface area contributed by atoms with Gasteiger partial charge in [-0.15, -0.1) is 0 Å². The summed E-state index contributed by atoms with van der Waals surface area (Å²) in [7, 11) is 2.98. The number of methoxy groups -OCH3 is 2. The Morgan fingerprint density at radius 3 is 2.67 bits per heavy atom. The lowest BCUT2D eigenvalue weighted by molar-refractivity contribution is -0.132. The van der Waals surface area contributed by atoms with E-state index in [1.165, 1.54) is 26.7 Å². The van der Waals surface area contributed by atoms with Crippen LogP contribution in [-0.2, 0) is 4.79 Å². The summed E-state index contributed by atoms with van der Waals surface area (Å²) in [6.45, 7) is 5.80. The first-order chi connectivity index (χ1) is 11.5. The molecular weight excluding hydrogens is 311 g/mol. The highest BCUT2D eigenvalue weighted by molar-refractivity contribution is 5.78. The summed E-state index contributed by atoms with van der Waals surface area (Å²) in [5, 5.41) is 3.11. The third-order valence-electron chi connectivity index (χ3n) is 4.54. The molecule has 1 fully saturated rings. The first-order valence-electron chi connectivity index (χ1n) is 8.38. The Morgan fingerprint density at radius 1 is 1.38 bits per heavy atom. The van der Waals surface area contributed by atoms with Crippen molar-refractivity contribution < 1.29 is 18.7 Å². The van der Waals surface area contributed by atoms with Crippen molar-refractivity contribution in [2.45, 2.75) is 32.7 Å². The molecule has 1 aliphatic rings. The minimum atomic E-state index is -0.383. The first-order valence-corrected chi connectivity index (χ1v) is 8.38. The lowest BCUT2D eigenvalue weighted by atomic mass is 10.0. The molecule has 1 aliphatic heterocycles. The molecular formula is C18H27FN2O3. The van der Waals surface area contributed by atoms with Crippen LogP contribution < -0.4 is 14.8 Å². The Morgan fingerprint density at radius 2 is 2.04 bits per heavy atom. The zero-order valence-corrected chi connectivity index (χ0v) is 14.9. The number of piperidine rings is 1. The van der Waals surface area contributed by atoms with E-state index < -0.39 is 0 Å². The minimum absolute atomic E-state index is 0.0642. The Hall–Kier alpha value is -1.82. The van der Waals surface area contributed by atoms with Crippen LogP contribution in [0.15, 0.2) is 12.1 Å². The van der Waals surface area contributed by atoms with E-state index in [0.29, 0.717) is 23.0 Å². The van der Waals surface area contributed by atoms with Crippen LogP contribution in [0.3, 0.4) is 0 Å². The van der Waals surface area contributed by atoms with Crippen LogP contribution in [0.4, 0.5) is 4.39 Å². The maximum Gasteiger partial charge on any atom is 0.236 e. The fraction of sp³-hybridized carbons (Fsp3) is 0.611. The maximum atomic E-state index is 14.3. The number of benzene rings is 1. The topological polar surface area (TPSA) is 50.8 Å². The number of carbonyl (C=O) groups excluding carboxylic acids is 1. The number of hydrogen-bond acceptors (Lipinski definition) is 4. The summed E-state index contributed by atoms with van der Waals surface area (Å²) >= 11 is 0. The molecule has 2 atom stereocenters. The number of likely N-dealkylation sites (tertiary alicyclic amines) is 1. The SMILES string of the molecule is COc1cc(F)c([C@H](C)NCC(=O)N2CCC[C@H](C)C2)cc1OC. The monoisotopic (exact) mass is 338 g/mol. The van der Waals surface area contributed by atoms with E-state index in [1.807, 2.05) is 11.8 Å². The number of rotatable bonds is 6. The molecule has 5 nitrogen and oxygen atoms in total. The molecule has 0 aliphatic carbocycles. The van der Waals surface area contributed by atoms with Gasteiger partial charge in [0.1, 0.15) is 5.82 Å². The summed E-state index contributed by atoms with van der Waals surface area (Å²) in [5.41, 5.74) is 0.451. The van der Waals surface area contributed by atoms with Gasteiger partial charge in [-0.05, 0) is 31.7 Å². The number of hydrogen-bond donors (Lipinski definition) is 1. The number of halogens is 1. The molecule has 2 rings (SSSR count). The van der Waals surface area contributed by atoms with Crippen molar-refractivity contribution in [2.75, 3.05) is 33.9 Å². The van der Waals surface area contributed by atoms with E-state index in [2.05, 4.69) is 12.2 Å². The molecule has 0 spiro atoms. The molecule has 1 aromatic rings. The van der Waals surface area contributed by atoms with Gasteiger partial charge in [-0.2, -0.15) is 0 Å². The minimum Gasteiger partial charge on any atom is -0.493 e. The van der Waals surface area contributed by atoms with Crippen molar-refractivity contribution in [3.63, 3.8) is 0 Å². The van der Waals surface area contributed by atoms with Crippen LogP contribution in [-0.4, -0.2) is 44.7 Å². The lowest BCUT2D eigenvalue weighted by Gasteiger charge is -2.31. The molecule has 0 aromatic heterocycles. The van der Waals surface area contributed by atoms with E-state index in [9.17, 15) is 9.18 Å². The third-order valence-corrected chi connectivity index (χ3v) is 4.54. The van der Waals surface area contributed by atoms with Gasteiger partial charge >= 0.3 is 0 Å². The molecule has 1 saturated heterocycles. The van der Waals surface area contributed by atoms with E-state index >= 15 is 0 Å². The van der Waals surface area contributed by atoms with Crippen LogP contribution >= 0.6 is 0 Å². The summed E-state index contributed by atoms with van der Waals surface area (Å²) in [6, 6.07) is 2.61. The van der Waals surface area contributed by atoms with Crippen molar-refractivity contribution in [3.8, 4) is 11.5 Å². The van der Waals surface area contributed by atoms with Gasteiger partial charge in [-0.3, -0.25) is 4.79 Å². The van der Waals surface area contributed by atoms with Crippen LogP contribution in [0.2, 0.25) is 0 Å². The molecule has 1 amide bonds. The van der Waals surface area contributed by atoms with Crippen molar-refractivity contribution in [1.82, 2.24) is 10.2 Å². The number of carbonyl (C=O) groups is 1. The van der Waals surface area contributed by atoms with Crippen LogP contribution in [0.25, 0.3) is 0 Å². The lowest BCUT2D eigenvalue weighted by Crippen LogP contribution is -2.43. The predicted octanol–water partition coefficient (Wildman–Crippen LogP) is 2.75. The van der Waals surface area contributed by atoms with Crippen LogP contribution in [0, 0.1) is 11.7 Å². The van der Waals surface area contributed by atoms with Gasteiger partial charge in [0.15, 0.2) is 11.5 Å². The average molecular weight is 338 g/mol. The molecule has 1 N–H and O–H groups in total. The Balaban J connectivity index is 1.99. The number of nitrogens with one attached hydrogen (secondary N) is 1. The number of ether oxygens (including phenoxy) is 2. The molecule has 0 unspecified atom stereocenters. The molecule has 0 bridgehead atoms. The number of nitrogens with zero attached hydrogens (tertiary/aromatic N) is 1. The first kappa shape index (κ1) is 18.5. The molecule has 134 valence electrons. The van der Waals surface area contributed by atoms with Gasteiger partial charge in [0.25, 0.3) is 0 Å². The predicted molar refractivity (Wildman–Crippen MR) is 90.9 cm³/mol. The molecule has 24 heavy (non-hydrogen) atoms. The second kappa shape index (κ2) is 8.33. The maximum absolute atomic E-state index is 14.3. The van der Waals surface area contributed by atoms with Gasteiger partial charge in [-0.1, -0.05) is 6.92 Å². The Bertz CT molecular complexity index is 580. The van der Waals surface area contributed by atoms with Crippen molar-refractivity contribution in [3.05, 3.63) is 23.5 Å². The Labute approximate surface area is 143 Å². The normalized spacial score (nSPS) is 19.0. The quantitative estimate of drug-likeness (QED) is 0.866. The van der Waals surface area contributed by atoms with E-state index in [-0.39, 0.29) is 24.3 Å². The fourth-order valence-electron chi connectivity index (χ4n) is 3.08. The standard InChI is InChI=1S/C18H27FN2O3/c1-12-6-5-7-21(11-12)18(22)10-20-13(2)14-8-16(23-3)17(24-4)9-15(14)19/h8-9,12-13,20H,5-7,10-11H2,1-4H3/t12-,13-/m0/s1. The Kier molecular flexibility index (Phi) is 6.43. The van der Waals surface area contributed by atoms with E-state index in [0.717, 1.165) is 19.5 Å². The molecule has 0 saturated carbocycles. The molecule has 0 radical (unpaired) electrons. The van der Waals surface area contributed by atoms with Gasteiger partial charge in [-0.25, -0.2) is 4.39 Å². The summed E-state index contributed by atoms with van der Waals surface area (Å²) < 4.78 is 24.6. The largest absolute Gasteiger partial charge is 0.493 e. The molecule has 1 aromatic carbocycles. The summed E-state index contributed by atoms with van der Waals surface area (Å²) in [6.07, 6.45) is 2.22. The third kappa shape index (κ3) is 4.38. The molecule has 6 heteroatoms. The number of amides is 1. The zero-order chi connectivity index (χ0) is 17.7. The highest BCUT2D eigenvalue weighted by Gasteiger charge is 2.22. The fourth-order valence-corrected chi connectivity index (χ4v) is 3.08. The van der Waals surface area contributed by atoms with Crippen LogP contribution in [0.5, 0.6) is 11.5 Å². The van der Waals surface area contributed by atoms with E-state index in [4.69, 9.17) is 9.47 Å². The van der Waals surface area contributed by atoms with Gasteiger partial charge < -0.3 is 19.7 Å². The second-order valence-electron chi connectivity index (χ2n) is 6.42. The highest BCUT2D eigenvalue weighted by Crippen LogP contribution is 2.32. The zero-order valence-electron chi connectivity index (χ0n) is 14.9. The van der Waals surface area contributed by atoms with Gasteiger partial charge in [0.2, 0.25) is 5.91 Å². The summed E-state index contributed by atoms with van der Waals surface area (Å²) in [4.78, 5) is 14.2. The van der Waals surface area contributed by atoms with Crippen molar-refractivity contribution in [1.29, 1.82) is 0 Å². The molecule has 1 heterocycles. The average Bonchev–Trinajstić information content (AvgIpc) is 2.58. The van der Waals surface area contributed by atoms with E-state index in [1.54, 1.807) is 6.07 Å². The van der Waals surface area contributed by atoms with Crippen molar-refractivity contribution >= 4 is 5.91 Å². The highest BCUT2D eigenvalue weighted by atomic mass is 19.1. The summed E-state index contributed by atoms with van der Waals surface area (Å²) in [5.74, 6) is 1.05. The van der Waals surface area contributed by atoms with Gasteiger partial charge in [0, 0.05) is 30.8 Å².